The molecule has 4 rings (SSSR count). The summed E-state index contributed by atoms with van der Waals surface area (Å²) in [6.07, 6.45) is 4.64. The molecule has 1 unspecified atom stereocenters. The zero-order valence-electron chi connectivity index (χ0n) is 12.9. The van der Waals surface area contributed by atoms with Crippen molar-refractivity contribution in [3.8, 4) is 11.5 Å². The van der Waals surface area contributed by atoms with Crippen LogP contribution in [0.1, 0.15) is 47.8 Å². The summed E-state index contributed by atoms with van der Waals surface area (Å²) in [6, 6.07) is 7.28. The highest BCUT2D eigenvalue weighted by molar-refractivity contribution is 5.94. The van der Waals surface area contributed by atoms with Crippen LogP contribution in [0, 0.1) is 5.92 Å². The Balaban J connectivity index is 1.39. The lowest BCUT2D eigenvalue weighted by Crippen LogP contribution is -2.38. The van der Waals surface area contributed by atoms with Crippen LogP contribution in [0.2, 0.25) is 0 Å². The number of nitrogens with one attached hydrogen (secondary N) is 1. The monoisotopic (exact) mass is 312 g/mol. The van der Waals surface area contributed by atoms with Crippen molar-refractivity contribution in [2.24, 2.45) is 11.7 Å². The molecular formula is C17H20N4O2. The number of aromatic nitrogens is 2. The summed E-state index contributed by atoms with van der Waals surface area (Å²) in [4.78, 5) is 16.5. The first kappa shape index (κ1) is 14.4. The van der Waals surface area contributed by atoms with Crippen molar-refractivity contribution in [2.75, 3.05) is 6.54 Å². The van der Waals surface area contributed by atoms with Crippen LogP contribution in [0.25, 0.3) is 11.5 Å². The second-order valence-electron chi connectivity index (χ2n) is 6.52. The van der Waals surface area contributed by atoms with E-state index < -0.39 is 0 Å². The predicted octanol–water partition coefficient (Wildman–Crippen LogP) is 2.08. The standard InChI is InChI=1S/C17H20N4O2/c18-14(10-1-2-10)9-19-16(22)12-5-7-13(8-6-12)17-20-15(21-23-17)11-3-4-11/h5-8,10-11,14H,1-4,9,18H2,(H,19,22). The third kappa shape index (κ3) is 3.27. The molecular weight excluding hydrogens is 292 g/mol. The lowest BCUT2D eigenvalue weighted by molar-refractivity contribution is 0.0950. The van der Waals surface area contributed by atoms with Gasteiger partial charge in [-0.15, -0.1) is 0 Å². The molecule has 1 atom stereocenters. The van der Waals surface area contributed by atoms with Gasteiger partial charge < -0.3 is 15.6 Å². The fraction of sp³-hybridized carbons (Fsp3) is 0.471. The first-order chi connectivity index (χ1) is 11.2. The largest absolute Gasteiger partial charge is 0.350 e. The van der Waals surface area contributed by atoms with Crippen molar-refractivity contribution in [1.82, 2.24) is 15.5 Å². The molecule has 6 nitrogen and oxygen atoms in total. The van der Waals surface area contributed by atoms with E-state index in [1.807, 2.05) is 12.1 Å². The molecule has 0 saturated heterocycles. The van der Waals surface area contributed by atoms with Gasteiger partial charge in [-0.2, -0.15) is 4.98 Å². The Morgan fingerprint density at radius 1 is 1.26 bits per heavy atom. The zero-order valence-corrected chi connectivity index (χ0v) is 12.9. The maximum absolute atomic E-state index is 12.1. The van der Waals surface area contributed by atoms with E-state index in [1.54, 1.807) is 12.1 Å². The topological polar surface area (TPSA) is 94.0 Å². The summed E-state index contributed by atoms with van der Waals surface area (Å²) < 4.78 is 5.29. The van der Waals surface area contributed by atoms with Gasteiger partial charge in [0.25, 0.3) is 11.8 Å². The van der Waals surface area contributed by atoms with Gasteiger partial charge in [-0.1, -0.05) is 5.16 Å². The van der Waals surface area contributed by atoms with Crippen LogP contribution in [0.3, 0.4) is 0 Å². The molecule has 2 aliphatic carbocycles. The average Bonchev–Trinajstić information content (AvgIpc) is 3.51. The molecule has 0 spiro atoms. The molecule has 0 aliphatic heterocycles. The third-order valence-corrected chi connectivity index (χ3v) is 4.50. The summed E-state index contributed by atoms with van der Waals surface area (Å²) in [5, 5.41) is 6.90. The van der Waals surface area contributed by atoms with Gasteiger partial charge in [0.2, 0.25) is 0 Å². The smallest absolute Gasteiger partial charge is 0.257 e. The Hall–Kier alpha value is -2.21. The van der Waals surface area contributed by atoms with Crippen LogP contribution >= 0.6 is 0 Å². The molecule has 1 amide bonds. The van der Waals surface area contributed by atoms with E-state index in [9.17, 15) is 4.79 Å². The van der Waals surface area contributed by atoms with Crippen LogP contribution in [0.4, 0.5) is 0 Å². The van der Waals surface area contributed by atoms with Gasteiger partial charge >= 0.3 is 0 Å². The number of hydrogen-bond acceptors (Lipinski definition) is 5. The highest BCUT2D eigenvalue weighted by Crippen LogP contribution is 2.38. The number of benzene rings is 1. The van der Waals surface area contributed by atoms with E-state index in [2.05, 4.69) is 15.5 Å². The molecule has 1 aromatic carbocycles. The number of nitrogens with zero attached hydrogens (tertiary/aromatic N) is 2. The maximum atomic E-state index is 12.1. The van der Waals surface area contributed by atoms with Crippen LogP contribution in [0.15, 0.2) is 28.8 Å². The van der Waals surface area contributed by atoms with Crippen molar-refractivity contribution in [3.05, 3.63) is 35.7 Å². The Morgan fingerprint density at radius 3 is 2.65 bits per heavy atom. The minimum atomic E-state index is -0.100. The second kappa shape index (κ2) is 5.77. The van der Waals surface area contributed by atoms with Gasteiger partial charge in [0.15, 0.2) is 5.82 Å². The van der Waals surface area contributed by atoms with Gasteiger partial charge in [-0.3, -0.25) is 4.79 Å². The van der Waals surface area contributed by atoms with Crippen LogP contribution in [0.5, 0.6) is 0 Å². The molecule has 1 aromatic heterocycles. The van der Waals surface area contributed by atoms with Crippen LogP contribution in [-0.4, -0.2) is 28.6 Å². The van der Waals surface area contributed by atoms with E-state index in [4.69, 9.17) is 10.3 Å². The number of carbonyl (C=O) groups excluding carboxylic acids is 1. The molecule has 0 bridgehead atoms. The van der Waals surface area contributed by atoms with Gasteiger partial charge in [0.1, 0.15) is 0 Å². The minimum absolute atomic E-state index is 0.0671. The summed E-state index contributed by atoms with van der Waals surface area (Å²) in [6.45, 7) is 0.527. The number of carbonyl (C=O) groups is 1. The van der Waals surface area contributed by atoms with Gasteiger partial charge in [0.05, 0.1) is 0 Å². The predicted molar refractivity (Wildman–Crippen MR) is 84.7 cm³/mol. The Kier molecular flexibility index (Phi) is 3.61. The Morgan fingerprint density at radius 2 is 2.00 bits per heavy atom. The molecule has 3 N–H and O–H groups in total. The lowest BCUT2D eigenvalue weighted by atomic mass is 10.1. The van der Waals surface area contributed by atoms with Gasteiger partial charge in [-0.05, 0) is 55.9 Å². The van der Waals surface area contributed by atoms with E-state index in [1.165, 1.54) is 12.8 Å². The van der Waals surface area contributed by atoms with Crippen LogP contribution < -0.4 is 11.1 Å². The van der Waals surface area contributed by atoms with Crippen molar-refractivity contribution in [1.29, 1.82) is 0 Å². The van der Waals surface area contributed by atoms with Crippen LogP contribution in [-0.2, 0) is 0 Å². The first-order valence-corrected chi connectivity index (χ1v) is 8.18. The fourth-order valence-corrected chi connectivity index (χ4v) is 2.63. The Bertz CT molecular complexity index is 702. The van der Waals surface area contributed by atoms with Crippen molar-refractivity contribution in [2.45, 2.75) is 37.6 Å². The Labute approximate surface area is 134 Å². The number of hydrogen-bond donors (Lipinski definition) is 2. The average molecular weight is 312 g/mol. The molecule has 0 radical (unpaired) electrons. The summed E-state index contributed by atoms with van der Waals surface area (Å²) in [7, 11) is 0. The van der Waals surface area contributed by atoms with Crippen molar-refractivity contribution in [3.63, 3.8) is 0 Å². The zero-order chi connectivity index (χ0) is 15.8. The number of rotatable bonds is 6. The second-order valence-corrected chi connectivity index (χ2v) is 6.52. The van der Waals surface area contributed by atoms with Gasteiger partial charge in [0, 0.05) is 29.6 Å². The summed E-state index contributed by atoms with van der Waals surface area (Å²) in [5.41, 5.74) is 7.43. The molecule has 6 heteroatoms. The SMILES string of the molecule is NC(CNC(=O)c1ccc(-c2nc(C3CC3)no2)cc1)C1CC1. The number of amides is 1. The molecule has 120 valence electrons. The lowest BCUT2D eigenvalue weighted by Gasteiger charge is -2.11. The highest BCUT2D eigenvalue weighted by Gasteiger charge is 2.29. The molecule has 2 saturated carbocycles. The molecule has 2 fully saturated rings. The highest BCUT2D eigenvalue weighted by atomic mass is 16.5. The quantitative estimate of drug-likeness (QED) is 0.851. The van der Waals surface area contributed by atoms with Gasteiger partial charge in [-0.25, -0.2) is 0 Å². The summed E-state index contributed by atoms with van der Waals surface area (Å²) >= 11 is 0. The number of nitrogens with two attached hydrogens (primary N) is 1. The van der Waals surface area contributed by atoms with Crippen molar-refractivity contribution >= 4 is 5.91 Å². The molecule has 2 aliphatic rings. The molecule has 1 heterocycles. The normalized spacial score (nSPS) is 18.7. The molecule has 2 aromatic rings. The third-order valence-electron chi connectivity index (χ3n) is 4.50. The maximum Gasteiger partial charge on any atom is 0.257 e. The van der Waals surface area contributed by atoms with E-state index in [-0.39, 0.29) is 11.9 Å². The molecule has 23 heavy (non-hydrogen) atoms. The summed E-state index contributed by atoms with van der Waals surface area (Å²) in [5.74, 6) is 2.24. The van der Waals surface area contributed by atoms with E-state index >= 15 is 0 Å². The first-order valence-electron chi connectivity index (χ1n) is 8.18. The van der Waals surface area contributed by atoms with E-state index in [0.717, 1.165) is 24.2 Å². The van der Waals surface area contributed by atoms with E-state index in [0.29, 0.717) is 29.8 Å². The van der Waals surface area contributed by atoms with Crippen molar-refractivity contribution < 1.29 is 9.32 Å². The fourth-order valence-electron chi connectivity index (χ4n) is 2.63. The minimum Gasteiger partial charge on any atom is -0.350 e.